The normalized spacial score (nSPS) is 10.4. The Bertz CT molecular complexity index is 529. The van der Waals surface area contributed by atoms with E-state index in [0.29, 0.717) is 5.88 Å². The molecule has 4 nitrogen and oxygen atoms in total. The number of pyridine rings is 1. The highest BCUT2D eigenvalue weighted by Crippen LogP contribution is 2.16. The van der Waals surface area contributed by atoms with Crippen LogP contribution in [0.5, 0.6) is 5.88 Å². The number of aryl methyl sites for hydroxylation is 1. The van der Waals surface area contributed by atoms with Crippen molar-refractivity contribution >= 4 is 5.69 Å². The minimum absolute atomic E-state index is 0.632. The smallest absolute Gasteiger partial charge is 0.213 e. The van der Waals surface area contributed by atoms with Gasteiger partial charge < -0.3 is 14.6 Å². The van der Waals surface area contributed by atoms with Crippen LogP contribution in [0.25, 0.3) is 0 Å². The van der Waals surface area contributed by atoms with Crippen LogP contribution in [0.3, 0.4) is 0 Å². The molecule has 1 N–H and O–H groups in total. The Labute approximate surface area is 108 Å². The summed E-state index contributed by atoms with van der Waals surface area (Å²) in [7, 11) is 3.70. The summed E-state index contributed by atoms with van der Waals surface area (Å²) in [6.45, 7) is 5.06. The average Bonchev–Trinajstić information content (AvgIpc) is 2.64. The average molecular weight is 245 g/mol. The van der Waals surface area contributed by atoms with E-state index in [4.69, 9.17) is 4.74 Å². The highest BCUT2D eigenvalue weighted by atomic mass is 16.5. The van der Waals surface area contributed by atoms with Gasteiger partial charge >= 0.3 is 0 Å². The number of hydrogen-bond donors (Lipinski definition) is 1. The first-order valence-electron chi connectivity index (χ1n) is 5.97. The van der Waals surface area contributed by atoms with Crippen molar-refractivity contribution in [3.63, 3.8) is 0 Å². The van der Waals surface area contributed by atoms with Crippen LogP contribution < -0.4 is 10.1 Å². The maximum Gasteiger partial charge on any atom is 0.213 e. The maximum absolute atomic E-state index is 5.03. The first-order valence-corrected chi connectivity index (χ1v) is 5.97. The summed E-state index contributed by atoms with van der Waals surface area (Å²) in [5, 5.41) is 3.36. The molecule has 2 heterocycles. The van der Waals surface area contributed by atoms with Gasteiger partial charge in [-0.05, 0) is 31.5 Å². The van der Waals surface area contributed by atoms with Gasteiger partial charge in [-0.1, -0.05) is 0 Å². The van der Waals surface area contributed by atoms with Gasteiger partial charge in [-0.2, -0.15) is 0 Å². The van der Waals surface area contributed by atoms with E-state index in [2.05, 4.69) is 41.8 Å². The second-order valence-electron chi connectivity index (χ2n) is 4.40. The third-order valence-corrected chi connectivity index (χ3v) is 3.31. The fourth-order valence-corrected chi connectivity index (χ4v) is 1.92. The molecule has 0 unspecified atom stereocenters. The minimum Gasteiger partial charge on any atom is -0.481 e. The second-order valence-corrected chi connectivity index (χ2v) is 4.40. The molecule has 0 aliphatic carbocycles. The lowest BCUT2D eigenvalue weighted by Gasteiger charge is -2.07. The summed E-state index contributed by atoms with van der Waals surface area (Å²) in [5.41, 5.74) is 4.88. The van der Waals surface area contributed by atoms with Crippen molar-refractivity contribution in [2.24, 2.45) is 7.05 Å². The van der Waals surface area contributed by atoms with Crippen molar-refractivity contribution in [3.8, 4) is 5.88 Å². The molecule has 2 aromatic heterocycles. The van der Waals surface area contributed by atoms with E-state index in [1.54, 1.807) is 13.3 Å². The lowest BCUT2D eigenvalue weighted by Crippen LogP contribution is -2.01. The van der Waals surface area contributed by atoms with E-state index in [9.17, 15) is 0 Å². The molecule has 4 heteroatoms. The number of ether oxygens (including phenoxy) is 1. The Balaban J connectivity index is 2.04. The van der Waals surface area contributed by atoms with E-state index < -0.39 is 0 Å². The molecule has 0 bridgehead atoms. The molecular weight excluding hydrogens is 226 g/mol. The molecule has 2 aromatic rings. The van der Waals surface area contributed by atoms with Crippen molar-refractivity contribution in [1.82, 2.24) is 9.55 Å². The highest BCUT2D eigenvalue weighted by Gasteiger charge is 2.05. The van der Waals surface area contributed by atoms with E-state index >= 15 is 0 Å². The fraction of sp³-hybridized carbons (Fsp3) is 0.357. The standard InChI is InChI=1S/C14H19N3O/c1-10-7-12(11(2)17(10)3)8-15-13-5-6-14(18-4)16-9-13/h5-7,9,15H,8H2,1-4H3. The zero-order valence-electron chi connectivity index (χ0n) is 11.3. The molecule has 0 aliphatic rings. The minimum atomic E-state index is 0.632. The van der Waals surface area contributed by atoms with Gasteiger partial charge in [0.25, 0.3) is 0 Å². The Morgan fingerprint density at radius 1 is 1.33 bits per heavy atom. The highest BCUT2D eigenvalue weighted by molar-refractivity contribution is 5.43. The van der Waals surface area contributed by atoms with Gasteiger partial charge in [0.05, 0.1) is 19.0 Å². The Hall–Kier alpha value is -1.97. The zero-order chi connectivity index (χ0) is 13.1. The van der Waals surface area contributed by atoms with Gasteiger partial charge in [0, 0.05) is 31.0 Å². The molecule has 0 fully saturated rings. The summed E-state index contributed by atoms with van der Waals surface area (Å²) >= 11 is 0. The molecule has 0 aliphatic heterocycles. The zero-order valence-corrected chi connectivity index (χ0v) is 11.3. The molecule has 0 radical (unpaired) electrons. The Morgan fingerprint density at radius 3 is 2.61 bits per heavy atom. The van der Waals surface area contributed by atoms with E-state index in [0.717, 1.165) is 12.2 Å². The SMILES string of the molecule is COc1ccc(NCc2cc(C)n(C)c2C)cn1. The van der Waals surface area contributed by atoms with Crippen molar-refractivity contribution < 1.29 is 4.74 Å². The van der Waals surface area contributed by atoms with Crippen LogP contribution in [0, 0.1) is 13.8 Å². The number of methoxy groups -OCH3 is 1. The topological polar surface area (TPSA) is 39.1 Å². The fourth-order valence-electron chi connectivity index (χ4n) is 1.92. The molecule has 0 aromatic carbocycles. The number of nitrogens with zero attached hydrogens (tertiary/aromatic N) is 2. The van der Waals surface area contributed by atoms with E-state index in [1.165, 1.54) is 17.0 Å². The number of aromatic nitrogens is 2. The van der Waals surface area contributed by atoms with Crippen LogP contribution in [-0.4, -0.2) is 16.7 Å². The number of nitrogens with one attached hydrogen (secondary N) is 1. The summed E-state index contributed by atoms with van der Waals surface area (Å²) in [6, 6.07) is 6.03. The van der Waals surface area contributed by atoms with Gasteiger partial charge in [-0.3, -0.25) is 0 Å². The largest absolute Gasteiger partial charge is 0.481 e. The van der Waals surface area contributed by atoms with Crippen LogP contribution in [0.15, 0.2) is 24.4 Å². The van der Waals surface area contributed by atoms with Crippen LogP contribution >= 0.6 is 0 Å². The second kappa shape index (κ2) is 5.12. The van der Waals surface area contributed by atoms with Crippen LogP contribution in [-0.2, 0) is 13.6 Å². The lowest BCUT2D eigenvalue weighted by molar-refractivity contribution is 0.398. The van der Waals surface area contributed by atoms with Gasteiger partial charge in [-0.25, -0.2) is 4.98 Å². The monoisotopic (exact) mass is 245 g/mol. The van der Waals surface area contributed by atoms with Gasteiger partial charge in [0.2, 0.25) is 5.88 Å². The Kier molecular flexibility index (Phi) is 3.55. The number of anilines is 1. The predicted octanol–water partition coefficient (Wildman–Crippen LogP) is 2.66. The molecule has 0 saturated carbocycles. The number of hydrogen-bond acceptors (Lipinski definition) is 3. The molecule has 0 atom stereocenters. The summed E-state index contributed by atoms with van der Waals surface area (Å²) in [4.78, 5) is 4.16. The van der Waals surface area contributed by atoms with Gasteiger partial charge in [0.1, 0.15) is 0 Å². The first-order chi connectivity index (χ1) is 8.61. The summed E-state index contributed by atoms with van der Waals surface area (Å²) in [6.07, 6.45) is 1.78. The lowest BCUT2D eigenvalue weighted by atomic mass is 10.2. The quantitative estimate of drug-likeness (QED) is 0.900. The van der Waals surface area contributed by atoms with Crippen molar-refractivity contribution in [1.29, 1.82) is 0 Å². The third kappa shape index (κ3) is 2.47. The molecule has 0 spiro atoms. The van der Waals surface area contributed by atoms with E-state index in [-0.39, 0.29) is 0 Å². The number of rotatable bonds is 4. The molecular formula is C14H19N3O. The molecule has 0 amide bonds. The van der Waals surface area contributed by atoms with Gasteiger partial charge in [-0.15, -0.1) is 0 Å². The molecule has 96 valence electrons. The van der Waals surface area contributed by atoms with Gasteiger partial charge in [0.15, 0.2) is 0 Å². The summed E-state index contributed by atoms with van der Waals surface area (Å²) < 4.78 is 7.23. The van der Waals surface area contributed by atoms with Crippen LogP contribution in [0.1, 0.15) is 17.0 Å². The first kappa shape index (κ1) is 12.5. The maximum atomic E-state index is 5.03. The Morgan fingerprint density at radius 2 is 2.11 bits per heavy atom. The molecule has 0 saturated heterocycles. The van der Waals surface area contributed by atoms with Crippen molar-refractivity contribution in [2.75, 3.05) is 12.4 Å². The summed E-state index contributed by atoms with van der Waals surface area (Å²) in [5.74, 6) is 0.632. The van der Waals surface area contributed by atoms with Crippen molar-refractivity contribution in [3.05, 3.63) is 41.3 Å². The third-order valence-electron chi connectivity index (χ3n) is 3.31. The van der Waals surface area contributed by atoms with Crippen molar-refractivity contribution in [2.45, 2.75) is 20.4 Å². The van der Waals surface area contributed by atoms with E-state index in [1.807, 2.05) is 12.1 Å². The molecule has 2 rings (SSSR count). The van der Waals surface area contributed by atoms with Crippen LogP contribution in [0.4, 0.5) is 5.69 Å². The molecule has 18 heavy (non-hydrogen) atoms. The predicted molar refractivity (Wildman–Crippen MR) is 73.0 cm³/mol. The van der Waals surface area contributed by atoms with Crippen LogP contribution in [0.2, 0.25) is 0 Å².